The molecule has 1 aromatic rings. The number of phenolic OH excluding ortho intramolecular Hbond substituents is 1. The molecule has 36 heavy (non-hydrogen) atoms. The van der Waals surface area contributed by atoms with Gasteiger partial charge in [0.1, 0.15) is 23.9 Å². The quantitative estimate of drug-likeness (QED) is 0.199. The van der Waals surface area contributed by atoms with Crippen molar-refractivity contribution in [3.8, 4) is 5.75 Å². The lowest BCUT2D eigenvalue weighted by atomic mass is 9.96. The standard InChI is InChI=1S/C25H40N4O6S/c1-6-15(4)21(29-22(31)18(26)13-16-7-9-17(30)10-8-16)24(33)27-19(11-12-36-5)23(32)28-20(14(2)3)25(34)35/h7-10,14-15,18-21,30H,6,11-13,26H2,1-5H3,(H,27,33)(H,28,32)(H,29,31)(H,34,35). The van der Waals surface area contributed by atoms with Crippen LogP contribution in [0.4, 0.5) is 0 Å². The number of carboxylic acid groups (broad SMARTS) is 1. The second kappa shape index (κ2) is 15.4. The van der Waals surface area contributed by atoms with Crippen molar-refractivity contribution in [1.29, 1.82) is 0 Å². The summed E-state index contributed by atoms with van der Waals surface area (Å²) in [6.45, 7) is 7.06. The average Bonchev–Trinajstić information content (AvgIpc) is 2.83. The first-order valence-electron chi connectivity index (χ1n) is 12.1. The van der Waals surface area contributed by atoms with E-state index >= 15 is 0 Å². The first kappa shape index (κ1) is 31.2. The predicted octanol–water partition coefficient (Wildman–Crippen LogP) is 1.26. The molecule has 0 fully saturated rings. The average molecular weight is 525 g/mol. The topological polar surface area (TPSA) is 171 Å². The Morgan fingerprint density at radius 3 is 2.03 bits per heavy atom. The number of hydrogen-bond donors (Lipinski definition) is 6. The highest BCUT2D eigenvalue weighted by atomic mass is 32.2. The van der Waals surface area contributed by atoms with E-state index in [-0.39, 0.29) is 24.0 Å². The van der Waals surface area contributed by atoms with Crippen LogP contribution in [0.2, 0.25) is 0 Å². The van der Waals surface area contributed by atoms with Gasteiger partial charge in [-0.05, 0) is 54.4 Å². The smallest absolute Gasteiger partial charge is 0.326 e. The van der Waals surface area contributed by atoms with Gasteiger partial charge in [0.25, 0.3) is 0 Å². The second-order valence-electron chi connectivity index (χ2n) is 9.26. The molecule has 5 unspecified atom stereocenters. The lowest BCUT2D eigenvalue weighted by Crippen LogP contribution is -2.59. The Morgan fingerprint density at radius 1 is 0.944 bits per heavy atom. The minimum atomic E-state index is -1.15. The van der Waals surface area contributed by atoms with Crippen LogP contribution in [0.25, 0.3) is 0 Å². The molecule has 0 aliphatic carbocycles. The summed E-state index contributed by atoms with van der Waals surface area (Å²) in [7, 11) is 0. The number of amides is 3. The highest BCUT2D eigenvalue weighted by Crippen LogP contribution is 2.13. The first-order valence-corrected chi connectivity index (χ1v) is 13.5. The van der Waals surface area contributed by atoms with Crippen LogP contribution in [-0.4, -0.2) is 70.1 Å². The fourth-order valence-electron chi connectivity index (χ4n) is 3.47. The van der Waals surface area contributed by atoms with Crippen molar-refractivity contribution < 1.29 is 29.4 Å². The van der Waals surface area contributed by atoms with E-state index in [9.17, 15) is 29.4 Å². The molecule has 0 radical (unpaired) electrons. The zero-order valence-electron chi connectivity index (χ0n) is 21.6. The lowest BCUT2D eigenvalue weighted by molar-refractivity contribution is -0.143. The maximum absolute atomic E-state index is 13.2. The third-order valence-corrected chi connectivity index (χ3v) is 6.64. The first-order chi connectivity index (χ1) is 16.9. The fraction of sp³-hybridized carbons (Fsp3) is 0.600. The number of nitrogens with one attached hydrogen (secondary N) is 3. The van der Waals surface area contributed by atoms with Crippen molar-refractivity contribution in [3.05, 3.63) is 29.8 Å². The van der Waals surface area contributed by atoms with Gasteiger partial charge >= 0.3 is 5.97 Å². The minimum Gasteiger partial charge on any atom is -0.508 e. The third kappa shape index (κ3) is 10.1. The van der Waals surface area contributed by atoms with E-state index in [1.807, 2.05) is 20.1 Å². The molecule has 202 valence electrons. The van der Waals surface area contributed by atoms with E-state index in [4.69, 9.17) is 5.73 Å². The fourth-order valence-corrected chi connectivity index (χ4v) is 3.95. The van der Waals surface area contributed by atoms with Crippen LogP contribution < -0.4 is 21.7 Å². The molecule has 1 aromatic carbocycles. The number of hydrogen-bond acceptors (Lipinski definition) is 7. The molecule has 0 spiro atoms. The number of phenols is 1. The van der Waals surface area contributed by atoms with Crippen molar-refractivity contribution in [2.75, 3.05) is 12.0 Å². The largest absolute Gasteiger partial charge is 0.508 e. The van der Waals surface area contributed by atoms with Crippen LogP contribution in [0.15, 0.2) is 24.3 Å². The van der Waals surface area contributed by atoms with Crippen LogP contribution in [0.5, 0.6) is 5.75 Å². The van der Waals surface area contributed by atoms with Gasteiger partial charge < -0.3 is 31.9 Å². The highest BCUT2D eigenvalue weighted by molar-refractivity contribution is 7.98. The molecule has 5 atom stereocenters. The SMILES string of the molecule is CCC(C)C(NC(=O)C(N)Cc1ccc(O)cc1)C(=O)NC(CCSC)C(=O)NC(C(=O)O)C(C)C. The van der Waals surface area contributed by atoms with E-state index in [2.05, 4.69) is 16.0 Å². The van der Waals surface area contributed by atoms with Gasteiger partial charge in [0, 0.05) is 0 Å². The molecule has 0 saturated carbocycles. The Balaban J connectivity index is 2.97. The third-order valence-electron chi connectivity index (χ3n) is 6.00. The summed E-state index contributed by atoms with van der Waals surface area (Å²) in [6.07, 6.45) is 2.96. The Morgan fingerprint density at radius 2 is 1.53 bits per heavy atom. The predicted molar refractivity (Wildman–Crippen MR) is 141 cm³/mol. The Hall–Kier alpha value is -2.79. The zero-order valence-corrected chi connectivity index (χ0v) is 22.4. The van der Waals surface area contributed by atoms with Gasteiger partial charge in [-0.25, -0.2) is 4.79 Å². The molecule has 7 N–H and O–H groups in total. The molecule has 1 rings (SSSR count). The molecule has 11 heteroatoms. The summed E-state index contributed by atoms with van der Waals surface area (Å²) in [5.74, 6) is -2.71. The van der Waals surface area contributed by atoms with E-state index in [1.165, 1.54) is 23.9 Å². The minimum absolute atomic E-state index is 0.105. The monoisotopic (exact) mass is 524 g/mol. The zero-order chi connectivity index (χ0) is 27.4. The van der Waals surface area contributed by atoms with Gasteiger partial charge in [-0.1, -0.05) is 46.2 Å². The number of carbonyl (C=O) groups is 4. The van der Waals surface area contributed by atoms with E-state index in [0.717, 1.165) is 5.56 Å². The number of carboxylic acids is 1. The summed E-state index contributed by atoms with van der Waals surface area (Å²) >= 11 is 1.49. The molecule has 3 amide bonds. The number of thioether (sulfide) groups is 1. The molecular formula is C25H40N4O6S. The molecule has 0 aromatic heterocycles. The normalized spacial score (nSPS) is 15.3. The Kier molecular flexibility index (Phi) is 13.3. The number of aromatic hydroxyl groups is 1. The molecule has 0 heterocycles. The van der Waals surface area contributed by atoms with Crippen LogP contribution in [-0.2, 0) is 25.6 Å². The van der Waals surface area contributed by atoms with Gasteiger partial charge in [-0.3, -0.25) is 14.4 Å². The number of rotatable bonds is 15. The Labute approximate surface area is 217 Å². The summed E-state index contributed by atoms with van der Waals surface area (Å²) in [5, 5.41) is 26.8. The lowest BCUT2D eigenvalue weighted by Gasteiger charge is -2.28. The maximum Gasteiger partial charge on any atom is 0.326 e. The van der Waals surface area contributed by atoms with Crippen molar-refractivity contribution >= 4 is 35.5 Å². The molecule has 0 aliphatic heterocycles. The van der Waals surface area contributed by atoms with Gasteiger partial charge in [-0.2, -0.15) is 11.8 Å². The molecule has 0 saturated heterocycles. The summed E-state index contributed by atoms with van der Waals surface area (Å²) < 4.78 is 0. The van der Waals surface area contributed by atoms with E-state index in [0.29, 0.717) is 18.6 Å². The van der Waals surface area contributed by atoms with E-state index < -0.39 is 47.9 Å². The second-order valence-corrected chi connectivity index (χ2v) is 10.2. The number of nitrogens with two attached hydrogens (primary N) is 1. The highest BCUT2D eigenvalue weighted by Gasteiger charge is 2.33. The molecular weight excluding hydrogens is 484 g/mol. The van der Waals surface area contributed by atoms with Crippen molar-refractivity contribution in [1.82, 2.24) is 16.0 Å². The van der Waals surface area contributed by atoms with Crippen molar-refractivity contribution in [3.63, 3.8) is 0 Å². The number of carbonyl (C=O) groups excluding carboxylic acids is 3. The van der Waals surface area contributed by atoms with Crippen LogP contribution in [0, 0.1) is 11.8 Å². The molecule has 10 nitrogen and oxygen atoms in total. The summed E-state index contributed by atoms with van der Waals surface area (Å²) in [4.78, 5) is 50.5. The van der Waals surface area contributed by atoms with Crippen LogP contribution in [0.3, 0.4) is 0 Å². The van der Waals surface area contributed by atoms with Gasteiger partial charge in [0.2, 0.25) is 17.7 Å². The van der Waals surface area contributed by atoms with Gasteiger partial charge in [-0.15, -0.1) is 0 Å². The van der Waals surface area contributed by atoms with Crippen LogP contribution in [0.1, 0.15) is 46.1 Å². The van der Waals surface area contributed by atoms with Crippen LogP contribution >= 0.6 is 11.8 Å². The number of benzene rings is 1. The van der Waals surface area contributed by atoms with E-state index in [1.54, 1.807) is 26.0 Å². The van der Waals surface area contributed by atoms with Gasteiger partial charge in [0.15, 0.2) is 0 Å². The van der Waals surface area contributed by atoms with Crippen molar-refractivity contribution in [2.24, 2.45) is 17.6 Å². The number of aliphatic carboxylic acids is 1. The Bertz CT molecular complexity index is 880. The summed E-state index contributed by atoms with van der Waals surface area (Å²) in [6, 6.07) is 2.43. The van der Waals surface area contributed by atoms with Crippen molar-refractivity contribution in [2.45, 2.75) is 71.1 Å². The summed E-state index contributed by atoms with van der Waals surface area (Å²) in [5.41, 5.74) is 6.83. The maximum atomic E-state index is 13.2. The molecule has 0 aliphatic rings. The van der Waals surface area contributed by atoms with Gasteiger partial charge in [0.05, 0.1) is 6.04 Å². The molecule has 0 bridgehead atoms.